The number of hydrogen-bond donors (Lipinski definition) is 2. The van der Waals surface area contributed by atoms with Crippen molar-refractivity contribution in [2.24, 2.45) is 0 Å². The van der Waals surface area contributed by atoms with Gasteiger partial charge in [0.15, 0.2) is 5.75 Å². The number of ether oxygens (including phenoxy) is 2. The number of esters is 1. The number of carbonyl (C=O) groups is 2. The van der Waals surface area contributed by atoms with Crippen LogP contribution in [-0.4, -0.2) is 55.3 Å². The molecule has 0 aliphatic carbocycles. The Morgan fingerprint density at radius 2 is 2.20 bits per heavy atom. The molecule has 1 aliphatic rings. The molecule has 0 bridgehead atoms. The first-order valence-electron chi connectivity index (χ1n) is 7.53. The average molecular weight is 434 g/mol. The second-order valence-corrected chi connectivity index (χ2v) is 6.38. The molecule has 1 aliphatic heterocycles. The molecular formula is C16H18BrClN2O5. The van der Waals surface area contributed by atoms with Crippen LogP contribution in [0.25, 0.3) is 0 Å². The molecule has 1 aromatic carbocycles. The van der Waals surface area contributed by atoms with Crippen LogP contribution in [0.3, 0.4) is 0 Å². The van der Waals surface area contributed by atoms with Crippen LogP contribution in [0.4, 0.5) is 5.69 Å². The van der Waals surface area contributed by atoms with Gasteiger partial charge in [0.25, 0.3) is 5.91 Å². The summed E-state index contributed by atoms with van der Waals surface area (Å²) in [6.45, 7) is 2.29. The van der Waals surface area contributed by atoms with Crippen LogP contribution in [0.2, 0.25) is 5.02 Å². The molecular weight excluding hydrogens is 416 g/mol. The van der Waals surface area contributed by atoms with E-state index in [-0.39, 0.29) is 31.0 Å². The van der Waals surface area contributed by atoms with Crippen molar-refractivity contribution in [2.45, 2.75) is 6.92 Å². The molecule has 1 amide bonds. The van der Waals surface area contributed by atoms with E-state index in [9.17, 15) is 9.59 Å². The molecule has 0 fully saturated rings. The Bertz CT molecular complexity index is 699. The summed E-state index contributed by atoms with van der Waals surface area (Å²) in [5.41, 5.74) is 0.811. The minimum atomic E-state index is -0.604. The Labute approximate surface area is 158 Å². The van der Waals surface area contributed by atoms with Crippen LogP contribution in [0.5, 0.6) is 5.75 Å². The smallest absolute Gasteiger partial charge is 0.337 e. The first kappa shape index (κ1) is 19.6. The number of benzene rings is 1. The molecule has 0 saturated heterocycles. The zero-order valence-electron chi connectivity index (χ0n) is 13.8. The van der Waals surface area contributed by atoms with Crippen LogP contribution in [0.15, 0.2) is 27.9 Å². The molecule has 0 unspecified atom stereocenters. The van der Waals surface area contributed by atoms with Gasteiger partial charge in [-0.2, -0.15) is 0 Å². The highest BCUT2D eigenvalue weighted by Crippen LogP contribution is 2.37. The van der Waals surface area contributed by atoms with Crippen LogP contribution in [-0.2, 0) is 14.3 Å². The fourth-order valence-corrected chi connectivity index (χ4v) is 3.37. The third-order valence-corrected chi connectivity index (χ3v) is 4.38. The van der Waals surface area contributed by atoms with E-state index in [2.05, 4.69) is 21.2 Å². The molecule has 0 atom stereocenters. The molecule has 1 heterocycles. The number of hydrogen-bond acceptors (Lipinski definition) is 6. The predicted molar refractivity (Wildman–Crippen MR) is 96.7 cm³/mol. The number of methoxy groups -OCH3 is 1. The van der Waals surface area contributed by atoms with Gasteiger partial charge in [-0.3, -0.25) is 4.79 Å². The summed E-state index contributed by atoms with van der Waals surface area (Å²) in [5, 5.41) is 12.4. The lowest BCUT2D eigenvalue weighted by atomic mass is 10.2. The standard InChI is InChI=1S/C16H18BrClN2O5/c1-3-25-14-11(17)6-9(7-12(14)18)19-13-10(16(23)24-2)8-20(4-5-21)15(13)22/h6-7,19,21H,3-5,8H2,1-2H3. The number of halogens is 2. The summed E-state index contributed by atoms with van der Waals surface area (Å²) in [5.74, 6) is -0.500. The summed E-state index contributed by atoms with van der Waals surface area (Å²) in [6, 6.07) is 3.29. The fraction of sp³-hybridized carbons (Fsp3) is 0.375. The third-order valence-electron chi connectivity index (χ3n) is 3.51. The Morgan fingerprint density at radius 3 is 2.76 bits per heavy atom. The van der Waals surface area contributed by atoms with Gasteiger partial charge in [-0.25, -0.2) is 4.79 Å². The normalized spacial score (nSPS) is 14.1. The number of nitrogens with one attached hydrogen (secondary N) is 1. The summed E-state index contributed by atoms with van der Waals surface area (Å²) < 4.78 is 10.8. The van der Waals surface area contributed by atoms with Crippen molar-refractivity contribution in [3.05, 3.63) is 32.9 Å². The molecule has 0 saturated carbocycles. The molecule has 25 heavy (non-hydrogen) atoms. The van der Waals surface area contributed by atoms with Gasteiger partial charge in [0.05, 0.1) is 41.9 Å². The van der Waals surface area contributed by atoms with E-state index < -0.39 is 11.9 Å². The van der Waals surface area contributed by atoms with E-state index in [1.54, 1.807) is 12.1 Å². The van der Waals surface area contributed by atoms with Crippen molar-refractivity contribution < 1.29 is 24.2 Å². The quantitative estimate of drug-likeness (QED) is 0.641. The van der Waals surface area contributed by atoms with Gasteiger partial charge in [0, 0.05) is 12.2 Å². The molecule has 136 valence electrons. The van der Waals surface area contributed by atoms with E-state index in [0.29, 0.717) is 27.5 Å². The third kappa shape index (κ3) is 4.26. The first-order valence-corrected chi connectivity index (χ1v) is 8.70. The maximum atomic E-state index is 12.5. The molecule has 0 radical (unpaired) electrons. The zero-order chi connectivity index (χ0) is 18.6. The largest absolute Gasteiger partial charge is 0.491 e. The van der Waals surface area contributed by atoms with Crippen molar-refractivity contribution >= 4 is 45.1 Å². The van der Waals surface area contributed by atoms with Gasteiger partial charge in [-0.05, 0) is 35.0 Å². The van der Waals surface area contributed by atoms with E-state index >= 15 is 0 Å². The van der Waals surface area contributed by atoms with Crippen molar-refractivity contribution in [3.63, 3.8) is 0 Å². The lowest BCUT2D eigenvalue weighted by molar-refractivity contribution is -0.136. The average Bonchev–Trinajstić information content (AvgIpc) is 2.87. The minimum absolute atomic E-state index is 0.0698. The molecule has 0 spiro atoms. The highest BCUT2D eigenvalue weighted by atomic mass is 79.9. The lowest BCUT2D eigenvalue weighted by Crippen LogP contribution is -2.31. The monoisotopic (exact) mass is 432 g/mol. The topological polar surface area (TPSA) is 88.1 Å². The Hall–Kier alpha value is -1.77. The molecule has 2 rings (SSSR count). The molecule has 9 heteroatoms. The lowest BCUT2D eigenvalue weighted by Gasteiger charge is -2.15. The number of rotatable bonds is 7. The predicted octanol–water partition coefficient (Wildman–Crippen LogP) is 2.17. The number of carbonyl (C=O) groups excluding carboxylic acids is 2. The highest BCUT2D eigenvalue weighted by Gasteiger charge is 2.34. The van der Waals surface area contributed by atoms with Crippen molar-refractivity contribution in [2.75, 3.05) is 38.7 Å². The second kappa shape index (κ2) is 8.55. The van der Waals surface area contributed by atoms with Gasteiger partial charge in [-0.15, -0.1) is 0 Å². The minimum Gasteiger partial charge on any atom is -0.491 e. The number of aliphatic hydroxyl groups excluding tert-OH is 1. The van der Waals surface area contributed by atoms with Gasteiger partial charge >= 0.3 is 5.97 Å². The molecule has 1 aromatic rings. The van der Waals surface area contributed by atoms with E-state index in [4.69, 9.17) is 26.2 Å². The second-order valence-electron chi connectivity index (χ2n) is 5.12. The van der Waals surface area contributed by atoms with E-state index in [1.807, 2.05) is 6.92 Å². The van der Waals surface area contributed by atoms with Gasteiger partial charge < -0.3 is 24.8 Å². The summed E-state index contributed by atoms with van der Waals surface area (Å²) in [4.78, 5) is 25.8. The summed E-state index contributed by atoms with van der Waals surface area (Å²) >= 11 is 9.58. The molecule has 7 nitrogen and oxygen atoms in total. The van der Waals surface area contributed by atoms with E-state index in [0.717, 1.165) is 0 Å². The van der Waals surface area contributed by atoms with Gasteiger partial charge in [0.1, 0.15) is 5.70 Å². The number of amides is 1. The Balaban J connectivity index is 2.35. The molecule has 2 N–H and O–H groups in total. The number of aliphatic hydroxyl groups is 1. The number of anilines is 1. The fourth-order valence-electron chi connectivity index (χ4n) is 2.41. The number of β-amino-alcohol motifs (C(OH)–C–C–N with tert-alkyl or cyclic N) is 1. The van der Waals surface area contributed by atoms with E-state index in [1.165, 1.54) is 12.0 Å². The highest BCUT2D eigenvalue weighted by molar-refractivity contribution is 9.10. The van der Waals surface area contributed by atoms with Crippen molar-refractivity contribution in [1.82, 2.24) is 4.90 Å². The Morgan fingerprint density at radius 1 is 1.48 bits per heavy atom. The SMILES string of the molecule is CCOc1c(Cl)cc(NC2=C(C(=O)OC)CN(CCO)C2=O)cc1Br. The van der Waals surface area contributed by atoms with Crippen molar-refractivity contribution in [3.8, 4) is 5.75 Å². The van der Waals surface area contributed by atoms with Crippen LogP contribution >= 0.6 is 27.5 Å². The van der Waals surface area contributed by atoms with Crippen LogP contribution in [0, 0.1) is 0 Å². The molecule has 0 aromatic heterocycles. The summed E-state index contributed by atoms with van der Waals surface area (Å²) in [6.07, 6.45) is 0. The van der Waals surface area contributed by atoms with Gasteiger partial charge in [0.2, 0.25) is 0 Å². The first-order chi connectivity index (χ1) is 11.9. The Kier molecular flexibility index (Phi) is 6.69. The van der Waals surface area contributed by atoms with Gasteiger partial charge in [-0.1, -0.05) is 11.6 Å². The van der Waals surface area contributed by atoms with Crippen LogP contribution < -0.4 is 10.1 Å². The summed E-state index contributed by atoms with van der Waals surface area (Å²) in [7, 11) is 1.25. The number of nitrogens with zero attached hydrogens (tertiary/aromatic N) is 1. The maximum Gasteiger partial charge on any atom is 0.337 e. The van der Waals surface area contributed by atoms with Crippen LogP contribution in [0.1, 0.15) is 6.92 Å². The zero-order valence-corrected chi connectivity index (χ0v) is 16.1. The van der Waals surface area contributed by atoms with Crippen molar-refractivity contribution in [1.29, 1.82) is 0 Å². The maximum absolute atomic E-state index is 12.5.